The Morgan fingerprint density at radius 1 is 1.26 bits per heavy atom. The number of aromatic nitrogens is 3. The Bertz CT molecular complexity index is 700. The fraction of sp³-hybridized carbons (Fsp3) is 0.471. The van der Waals surface area contributed by atoms with Crippen molar-refractivity contribution in [1.82, 2.24) is 20.1 Å². The summed E-state index contributed by atoms with van der Waals surface area (Å²) in [5.74, 6) is 2.60. The van der Waals surface area contributed by atoms with Crippen LogP contribution >= 0.6 is 0 Å². The molecular weight excluding hydrogens is 292 g/mol. The first kappa shape index (κ1) is 14.2. The molecule has 1 amide bonds. The Hall–Kier alpha value is -2.37. The number of carbonyl (C=O) groups is 1. The van der Waals surface area contributed by atoms with E-state index < -0.39 is 6.10 Å². The summed E-state index contributed by atoms with van der Waals surface area (Å²) in [6, 6.07) is 7.79. The van der Waals surface area contributed by atoms with Crippen LogP contribution in [0.3, 0.4) is 0 Å². The van der Waals surface area contributed by atoms with Crippen LogP contribution < -0.4 is 10.1 Å². The van der Waals surface area contributed by atoms with Gasteiger partial charge in [0.25, 0.3) is 5.91 Å². The van der Waals surface area contributed by atoms with Crippen LogP contribution in [-0.4, -0.2) is 26.8 Å². The lowest BCUT2D eigenvalue weighted by atomic mass is 10.1. The number of ether oxygens (including phenoxy) is 1. The van der Waals surface area contributed by atoms with Crippen molar-refractivity contribution >= 4 is 5.91 Å². The molecule has 1 aromatic heterocycles. The topological polar surface area (TPSA) is 69.0 Å². The molecule has 3 heterocycles. The van der Waals surface area contributed by atoms with Gasteiger partial charge in [-0.25, -0.2) is 0 Å². The van der Waals surface area contributed by atoms with Crippen molar-refractivity contribution in [2.75, 3.05) is 0 Å². The van der Waals surface area contributed by atoms with E-state index in [2.05, 4.69) is 20.1 Å². The molecule has 1 N–H and O–H groups in total. The van der Waals surface area contributed by atoms with E-state index in [4.69, 9.17) is 4.74 Å². The monoisotopic (exact) mass is 312 g/mol. The van der Waals surface area contributed by atoms with E-state index in [1.807, 2.05) is 24.3 Å². The van der Waals surface area contributed by atoms with E-state index in [0.717, 1.165) is 42.3 Å². The van der Waals surface area contributed by atoms with E-state index in [1.165, 1.54) is 12.8 Å². The second-order valence-electron chi connectivity index (χ2n) is 6.13. The predicted octanol–water partition coefficient (Wildman–Crippen LogP) is 1.62. The zero-order chi connectivity index (χ0) is 15.6. The zero-order valence-electron chi connectivity index (χ0n) is 13.0. The van der Waals surface area contributed by atoms with E-state index in [9.17, 15) is 4.79 Å². The number of nitrogens with one attached hydrogen (secondary N) is 1. The fourth-order valence-corrected chi connectivity index (χ4v) is 3.28. The largest absolute Gasteiger partial charge is 0.480 e. The lowest BCUT2D eigenvalue weighted by Crippen LogP contribution is -2.37. The van der Waals surface area contributed by atoms with Crippen molar-refractivity contribution in [3.8, 4) is 5.75 Å². The Morgan fingerprint density at radius 2 is 2.17 bits per heavy atom. The fourth-order valence-electron chi connectivity index (χ4n) is 3.28. The molecular formula is C17H20N4O2. The van der Waals surface area contributed by atoms with Crippen LogP contribution in [0.15, 0.2) is 24.3 Å². The van der Waals surface area contributed by atoms with Crippen LogP contribution in [0, 0.1) is 0 Å². The number of fused-ring (bicyclic) bond motifs is 2. The standard InChI is InChI=1S/C17H20N4O2/c22-17(14-10-12-6-3-4-7-13(12)23-14)18-11-16-20-19-15-8-2-1-5-9-21(15)16/h3-4,6-7,14H,1-2,5,8-11H2,(H,18,22). The van der Waals surface area contributed by atoms with Crippen LogP contribution in [0.4, 0.5) is 0 Å². The normalized spacial score (nSPS) is 19.4. The molecule has 2 aromatic rings. The van der Waals surface area contributed by atoms with Crippen LogP contribution in [0.25, 0.3) is 0 Å². The highest BCUT2D eigenvalue weighted by atomic mass is 16.5. The second kappa shape index (κ2) is 6.02. The molecule has 0 saturated heterocycles. The molecule has 2 aliphatic rings. The van der Waals surface area contributed by atoms with Gasteiger partial charge in [0.15, 0.2) is 11.9 Å². The summed E-state index contributed by atoms with van der Waals surface area (Å²) in [6.45, 7) is 1.35. The smallest absolute Gasteiger partial charge is 0.261 e. The summed E-state index contributed by atoms with van der Waals surface area (Å²) in [4.78, 5) is 12.4. The maximum Gasteiger partial charge on any atom is 0.261 e. The van der Waals surface area contributed by atoms with E-state index in [0.29, 0.717) is 13.0 Å². The van der Waals surface area contributed by atoms with Crippen molar-refractivity contribution in [3.05, 3.63) is 41.5 Å². The number of hydrogen-bond acceptors (Lipinski definition) is 4. The van der Waals surface area contributed by atoms with Gasteiger partial charge in [-0.05, 0) is 24.5 Å². The lowest BCUT2D eigenvalue weighted by molar-refractivity contribution is -0.127. The highest BCUT2D eigenvalue weighted by Crippen LogP contribution is 2.28. The number of rotatable bonds is 3. The third-order valence-electron chi connectivity index (χ3n) is 4.55. The minimum atomic E-state index is -0.445. The third-order valence-corrected chi connectivity index (χ3v) is 4.55. The highest BCUT2D eigenvalue weighted by Gasteiger charge is 2.28. The Kier molecular flexibility index (Phi) is 3.73. The molecule has 2 aliphatic heterocycles. The van der Waals surface area contributed by atoms with Gasteiger partial charge in [-0.2, -0.15) is 0 Å². The SMILES string of the molecule is O=C(NCc1nnc2n1CCCCC2)C1Cc2ccccc2O1. The molecule has 0 aliphatic carbocycles. The Morgan fingerprint density at radius 3 is 3.09 bits per heavy atom. The molecule has 0 spiro atoms. The average molecular weight is 312 g/mol. The number of benzene rings is 1. The predicted molar refractivity (Wildman–Crippen MR) is 84.0 cm³/mol. The number of nitrogens with zero attached hydrogens (tertiary/aromatic N) is 3. The second-order valence-corrected chi connectivity index (χ2v) is 6.13. The Labute approximate surface area is 134 Å². The maximum atomic E-state index is 12.4. The number of aryl methyl sites for hydroxylation is 1. The quantitative estimate of drug-likeness (QED) is 0.935. The van der Waals surface area contributed by atoms with Crippen LogP contribution in [0.1, 0.15) is 36.5 Å². The molecule has 6 heteroatoms. The van der Waals surface area contributed by atoms with Gasteiger partial charge in [-0.1, -0.05) is 24.6 Å². The number of hydrogen-bond donors (Lipinski definition) is 1. The van der Waals surface area contributed by atoms with Crippen molar-refractivity contribution in [2.45, 2.75) is 51.3 Å². The summed E-state index contributed by atoms with van der Waals surface area (Å²) in [7, 11) is 0. The first-order valence-electron chi connectivity index (χ1n) is 8.24. The number of carbonyl (C=O) groups excluding carboxylic acids is 1. The summed E-state index contributed by atoms with van der Waals surface area (Å²) in [5.41, 5.74) is 1.09. The van der Waals surface area contributed by atoms with E-state index in [-0.39, 0.29) is 5.91 Å². The maximum absolute atomic E-state index is 12.4. The van der Waals surface area contributed by atoms with Gasteiger partial charge in [0.2, 0.25) is 0 Å². The van der Waals surface area contributed by atoms with Crippen molar-refractivity contribution in [1.29, 1.82) is 0 Å². The molecule has 1 aromatic carbocycles. The van der Waals surface area contributed by atoms with Crippen molar-refractivity contribution in [3.63, 3.8) is 0 Å². The van der Waals surface area contributed by atoms with Gasteiger partial charge < -0.3 is 14.6 Å². The minimum absolute atomic E-state index is 0.0906. The van der Waals surface area contributed by atoms with Gasteiger partial charge >= 0.3 is 0 Å². The van der Waals surface area contributed by atoms with Gasteiger partial charge in [0.1, 0.15) is 11.6 Å². The van der Waals surface area contributed by atoms with E-state index >= 15 is 0 Å². The molecule has 120 valence electrons. The number of para-hydroxylation sites is 1. The summed E-state index contributed by atoms with van der Waals surface area (Å²) in [6.07, 6.45) is 4.69. The third kappa shape index (κ3) is 2.81. The molecule has 0 bridgehead atoms. The molecule has 4 rings (SSSR count). The van der Waals surface area contributed by atoms with Crippen LogP contribution in [0.5, 0.6) is 5.75 Å². The van der Waals surface area contributed by atoms with Gasteiger partial charge in [0.05, 0.1) is 6.54 Å². The lowest BCUT2D eigenvalue weighted by Gasteiger charge is -2.12. The highest BCUT2D eigenvalue weighted by molar-refractivity contribution is 5.82. The number of amides is 1. The zero-order valence-corrected chi connectivity index (χ0v) is 13.0. The van der Waals surface area contributed by atoms with Gasteiger partial charge in [-0.15, -0.1) is 10.2 Å². The van der Waals surface area contributed by atoms with Crippen molar-refractivity contribution < 1.29 is 9.53 Å². The molecule has 1 unspecified atom stereocenters. The molecule has 1 atom stereocenters. The van der Waals surface area contributed by atoms with Crippen LogP contribution in [0.2, 0.25) is 0 Å². The molecule has 6 nitrogen and oxygen atoms in total. The van der Waals surface area contributed by atoms with Gasteiger partial charge in [0, 0.05) is 19.4 Å². The summed E-state index contributed by atoms with van der Waals surface area (Å²) < 4.78 is 7.87. The average Bonchev–Trinajstić information content (AvgIpc) is 3.10. The first-order chi connectivity index (χ1) is 11.3. The van der Waals surface area contributed by atoms with Crippen LogP contribution in [-0.2, 0) is 30.7 Å². The molecule has 23 heavy (non-hydrogen) atoms. The minimum Gasteiger partial charge on any atom is -0.480 e. The molecule has 0 saturated carbocycles. The first-order valence-corrected chi connectivity index (χ1v) is 8.24. The Balaban J connectivity index is 1.39. The van der Waals surface area contributed by atoms with E-state index in [1.54, 1.807) is 0 Å². The summed E-state index contributed by atoms with van der Waals surface area (Å²) >= 11 is 0. The molecule has 0 fully saturated rings. The van der Waals surface area contributed by atoms with Crippen molar-refractivity contribution in [2.24, 2.45) is 0 Å². The molecule has 0 radical (unpaired) electrons. The summed E-state index contributed by atoms with van der Waals surface area (Å²) in [5, 5.41) is 11.4. The van der Waals surface area contributed by atoms with Gasteiger partial charge in [-0.3, -0.25) is 4.79 Å².